The molecule has 0 radical (unpaired) electrons. The number of rotatable bonds is 5. The molecule has 0 saturated carbocycles. The molecule has 130 valence electrons. The molecule has 2 heteroatoms. The molecule has 0 amide bonds. The van der Waals surface area contributed by atoms with Gasteiger partial charge in [-0.25, -0.2) is 4.99 Å². The van der Waals surface area contributed by atoms with Crippen LogP contribution in [-0.4, -0.2) is 5.84 Å². The van der Waals surface area contributed by atoms with Crippen molar-refractivity contribution < 1.29 is 0 Å². The number of nitrogens with one attached hydrogen (secondary N) is 1. The molecule has 1 aliphatic rings. The second-order valence-corrected chi connectivity index (χ2v) is 6.23. The molecule has 25 heavy (non-hydrogen) atoms. The highest BCUT2D eigenvalue weighted by molar-refractivity contribution is 6.02. The van der Waals surface area contributed by atoms with Crippen molar-refractivity contribution in [1.29, 1.82) is 0 Å². The summed E-state index contributed by atoms with van der Waals surface area (Å²) >= 11 is 0. The first kappa shape index (κ1) is 18.7. The average Bonchev–Trinajstić information content (AvgIpc) is 2.74. The lowest BCUT2D eigenvalue weighted by Gasteiger charge is -2.07. The number of hydrogen-bond acceptors (Lipinski definition) is 2. The van der Waals surface area contributed by atoms with Crippen LogP contribution in [0.3, 0.4) is 0 Å². The van der Waals surface area contributed by atoms with E-state index in [1.54, 1.807) is 0 Å². The SMILES string of the molecule is C=C(\C=C/C(=C\C)C1=N\C=C\CC(C)/C=C/N\1)c1ccc(CC)cc1. The molecule has 0 bridgehead atoms. The van der Waals surface area contributed by atoms with Crippen LogP contribution in [0, 0.1) is 5.92 Å². The Bertz CT molecular complexity index is 728. The zero-order chi connectivity index (χ0) is 18.1. The van der Waals surface area contributed by atoms with Crippen LogP contribution in [0.4, 0.5) is 0 Å². The Morgan fingerprint density at radius 1 is 1.28 bits per heavy atom. The zero-order valence-electron chi connectivity index (χ0n) is 15.5. The molecule has 0 aromatic heterocycles. The summed E-state index contributed by atoms with van der Waals surface area (Å²) in [4.78, 5) is 4.55. The van der Waals surface area contributed by atoms with Gasteiger partial charge in [0.2, 0.25) is 0 Å². The van der Waals surface area contributed by atoms with E-state index >= 15 is 0 Å². The second-order valence-electron chi connectivity index (χ2n) is 6.23. The number of aryl methyl sites for hydroxylation is 1. The summed E-state index contributed by atoms with van der Waals surface area (Å²) in [6.07, 6.45) is 16.3. The predicted molar refractivity (Wildman–Crippen MR) is 110 cm³/mol. The number of nitrogens with zero attached hydrogens (tertiary/aromatic N) is 1. The van der Waals surface area contributed by atoms with Gasteiger partial charge >= 0.3 is 0 Å². The van der Waals surface area contributed by atoms with Gasteiger partial charge in [-0.05, 0) is 48.6 Å². The third-order valence-corrected chi connectivity index (χ3v) is 4.24. The van der Waals surface area contributed by atoms with Crippen molar-refractivity contribution in [3.63, 3.8) is 0 Å². The molecule has 2 rings (SSSR count). The third kappa shape index (κ3) is 5.75. The molecular weight excluding hydrogens is 304 g/mol. The largest absolute Gasteiger partial charge is 0.347 e. The van der Waals surface area contributed by atoms with Gasteiger partial charge in [-0.1, -0.05) is 75.1 Å². The lowest BCUT2D eigenvalue weighted by molar-refractivity contribution is 0.741. The Labute approximate surface area is 152 Å². The highest BCUT2D eigenvalue weighted by Gasteiger charge is 2.03. The van der Waals surface area contributed by atoms with Crippen LogP contribution in [-0.2, 0) is 6.42 Å². The van der Waals surface area contributed by atoms with Gasteiger partial charge in [0.15, 0.2) is 0 Å². The monoisotopic (exact) mass is 332 g/mol. The molecule has 0 spiro atoms. The fourth-order valence-electron chi connectivity index (χ4n) is 2.52. The number of hydrogen-bond donors (Lipinski definition) is 1. The minimum atomic E-state index is 0.508. The van der Waals surface area contributed by atoms with Crippen LogP contribution in [0.1, 0.15) is 38.3 Å². The van der Waals surface area contributed by atoms with Crippen LogP contribution in [0.25, 0.3) is 5.57 Å². The van der Waals surface area contributed by atoms with Gasteiger partial charge in [0.05, 0.1) is 0 Å². The Hall–Kier alpha value is -2.61. The molecule has 2 nitrogen and oxygen atoms in total. The Balaban J connectivity index is 2.13. The highest BCUT2D eigenvalue weighted by atomic mass is 15.0. The van der Waals surface area contributed by atoms with Gasteiger partial charge in [0.1, 0.15) is 5.84 Å². The molecule has 1 N–H and O–H groups in total. The van der Waals surface area contributed by atoms with Crippen molar-refractivity contribution in [2.24, 2.45) is 10.9 Å². The summed E-state index contributed by atoms with van der Waals surface area (Å²) in [6.45, 7) is 10.6. The maximum Gasteiger partial charge on any atom is 0.136 e. The molecule has 1 heterocycles. The highest BCUT2D eigenvalue weighted by Crippen LogP contribution is 2.16. The quantitative estimate of drug-likeness (QED) is 0.675. The van der Waals surface area contributed by atoms with Gasteiger partial charge in [-0.3, -0.25) is 0 Å². The maximum atomic E-state index is 4.55. The number of allylic oxidation sites excluding steroid dienone is 5. The van der Waals surface area contributed by atoms with E-state index in [1.165, 1.54) is 5.56 Å². The number of amidine groups is 1. The number of benzene rings is 1. The standard InChI is InChI=1S/C23H28N2/c1-5-20-10-13-22(14-11-20)19(4)9-12-21(6-2)23-24-16-7-8-18(3)15-17-25-23/h6-7,9-18H,4-5,8H2,1-3H3,(H,24,25)/b12-9-,16-7+,17-15+,21-6+. The fourth-order valence-corrected chi connectivity index (χ4v) is 2.52. The predicted octanol–water partition coefficient (Wildman–Crippen LogP) is 5.82. The molecule has 0 saturated heterocycles. The molecule has 1 aromatic rings. The van der Waals surface area contributed by atoms with E-state index < -0.39 is 0 Å². The van der Waals surface area contributed by atoms with E-state index in [9.17, 15) is 0 Å². The van der Waals surface area contributed by atoms with Crippen molar-refractivity contribution in [2.45, 2.75) is 33.6 Å². The van der Waals surface area contributed by atoms with Crippen LogP contribution in [0.5, 0.6) is 0 Å². The van der Waals surface area contributed by atoms with E-state index in [4.69, 9.17) is 0 Å². The fraction of sp³-hybridized carbons (Fsp3) is 0.261. The van der Waals surface area contributed by atoms with Crippen molar-refractivity contribution in [3.05, 3.63) is 90.3 Å². The lowest BCUT2D eigenvalue weighted by Crippen LogP contribution is -2.18. The van der Waals surface area contributed by atoms with Crippen LogP contribution in [0.2, 0.25) is 0 Å². The van der Waals surface area contributed by atoms with Crippen LogP contribution in [0.15, 0.2) is 84.2 Å². The molecular formula is C23H28N2. The van der Waals surface area contributed by atoms with Gasteiger partial charge in [-0.2, -0.15) is 0 Å². The minimum Gasteiger partial charge on any atom is -0.347 e. The summed E-state index contributed by atoms with van der Waals surface area (Å²) in [5.74, 6) is 1.35. The van der Waals surface area contributed by atoms with Crippen molar-refractivity contribution in [1.82, 2.24) is 5.32 Å². The maximum absolute atomic E-state index is 4.55. The smallest absolute Gasteiger partial charge is 0.136 e. The first-order valence-electron chi connectivity index (χ1n) is 8.93. The zero-order valence-corrected chi connectivity index (χ0v) is 15.5. The Morgan fingerprint density at radius 3 is 2.72 bits per heavy atom. The molecule has 1 aromatic carbocycles. The van der Waals surface area contributed by atoms with Gasteiger partial charge in [0.25, 0.3) is 0 Å². The summed E-state index contributed by atoms with van der Waals surface area (Å²) < 4.78 is 0. The normalized spacial score (nSPS) is 22.9. The number of aliphatic imine (C=N–C) groups is 1. The van der Waals surface area contributed by atoms with E-state index in [2.05, 4.69) is 79.3 Å². The first-order chi connectivity index (χ1) is 12.1. The van der Waals surface area contributed by atoms with Gasteiger partial charge < -0.3 is 5.32 Å². The van der Waals surface area contributed by atoms with E-state index in [1.807, 2.05) is 25.4 Å². The topological polar surface area (TPSA) is 24.4 Å². The van der Waals surface area contributed by atoms with Crippen molar-refractivity contribution in [3.8, 4) is 0 Å². The van der Waals surface area contributed by atoms with Crippen LogP contribution < -0.4 is 5.32 Å². The van der Waals surface area contributed by atoms with Crippen molar-refractivity contribution >= 4 is 11.4 Å². The summed E-state index contributed by atoms with van der Waals surface area (Å²) in [7, 11) is 0. The van der Waals surface area contributed by atoms with E-state index in [-0.39, 0.29) is 0 Å². The van der Waals surface area contributed by atoms with Gasteiger partial charge in [-0.15, -0.1) is 0 Å². The third-order valence-electron chi connectivity index (χ3n) is 4.24. The lowest BCUT2D eigenvalue weighted by atomic mass is 10.0. The van der Waals surface area contributed by atoms with E-state index in [0.717, 1.165) is 35.4 Å². The second kappa shape index (κ2) is 9.63. The van der Waals surface area contributed by atoms with Gasteiger partial charge in [0, 0.05) is 11.8 Å². The molecule has 0 fully saturated rings. The first-order valence-corrected chi connectivity index (χ1v) is 8.93. The van der Waals surface area contributed by atoms with Crippen molar-refractivity contribution in [2.75, 3.05) is 0 Å². The molecule has 1 unspecified atom stereocenters. The Kier molecular flexibility index (Phi) is 7.21. The summed E-state index contributed by atoms with van der Waals surface area (Å²) in [5, 5.41) is 3.29. The summed E-state index contributed by atoms with van der Waals surface area (Å²) in [6, 6.07) is 8.57. The Morgan fingerprint density at radius 2 is 2.04 bits per heavy atom. The summed E-state index contributed by atoms with van der Waals surface area (Å²) in [5.41, 5.74) is 4.51. The minimum absolute atomic E-state index is 0.508. The average molecular weight is 332 g/mol. The molecule has 1 aliphatic heterocycles. The van der Waals surface area contributed by atoms with E-state index in [0.29, 0.717) is 5.92 Å². The molecule has 0 aliphatic carbocycles. The molecule has 1 atom stereocenters. The van der Waals surface area contributed by atoms with Crippen LogP contribution >= 0.6 is 0 Å².